The molecule has 1 aliphatic heterocycles. The van der Waals surface area contributed by atoms with Gasteiger partial charge < -0.3 is 15.6 Å². The zero-order valence-corrected chi connectivity index (χ0v) is 11.5. The lowest BCUT2D eigenvalue weighted by atomic mass is 10.1. The molecule has 4 heteroatoms. The SMILES string of the molecule is CCn1cc(CN2CCNCC2)c2cc(N)ccc21. The molecule has 0 unspecified atom stereocenters. The quantitative estimate of drug-likeness (QED) is 0.823. The first-order valence-electron chi connectivity index (χ1n) is 7.08. The molecular weight excluding hydrogens is 236 g/mol. The first-order valence-corrected chi connectivity index (χ1v) is 7.08. The zero-order valence-electron chi connectivity index (χ0n) is 11.5. The van der Waals surface area contributed by atoms with Crippen molar-refractivity contribution < 1.29 is 0 Å². The second-order valence-electron chi connectivity index (χ2n) is 5.24. The van der Waals surface area contributed by atoms with Gasteiger partial charge in [0.05, 0.1) is 0 Å². The van der Waals surface area contributed by atoms with E-state index in [1.165, 1.54) is 16.5 Å². The summed E-state index contributed by atoms with van der Waals surface area (Å²) in [6.07, 6.45) is 2.28. The number of aryl methyl sites for hydroxylation is 1. The van der Waals surface area contributed by atoms with Crippen LogP contribution in [0.3, 0.4) is 0 Å². The standard InChI is InChI=1S/C15H22N4/c1-2-19-11-12(10-18-7-5-17-6-8-18)14-9-13(16)3-4-15(14)19/h3-4,9,11,17H,2,5-8,10,16H2,1H3. The second-order valence-corrected chi connectivity index (χ2v) is 5.24. The van der Waals surface area contributed by atoms with Gasteiger partial charge in [-0.3, -0.25) is 4.90 Å². The van der Waals surface area contributed by atoms with Gasteiger partial charge >= 0.3 is 0 Å². The van der Waals surface area contributed by atoms with Crippen LogP contribution in [0.25, 0.3) is 10.9 Å². The van der Waals surface area contributed by atoms with Gasteiger partial charge in [-0.15, -0.1) is 0 Å². The molecule has 2 aromatic rings. The van der Waals surface area contributed by atoms with Gasteiger partial charge in [0.1, 0.15) is 0 Å². The van der Waals surface area contributed by atoms with Crippen molar-refractivity contribution in [1.29, 1.82) is 0 Å². The van der Waals surface area contributed by atoms with Gasteiger partial charge in [-0.05, 0) is 30.7 Å². The number of hydrogen-bond acceptors (Lipinski definition) is 3. The number of nitrogens with zero attached hydrogens (tertiary/aromatic N) is 2. The maximum Gasteiger partial charge on any atom is 0.0485 e. The van der Waals surface area contributed by atoms with E-state index in [1.54, 1.807) is 0 Å². The van der Waals surface area contributed by atoms with E-state index in [9.17, 15) is 0 Å². The predicted octanol–water partition coefficient (Wildman–Crippen LogP) is 1.65. The van der Waals surface area contributed by atoms with Crippen LogP contribution >= 0.6 is 0 Å². The van der Waals surface area contributed by atoms with E-state index in [0.29, 0.717) is 0 Å². The average Bonchev–Trinajstić information content (AvgIpc) is 2.77. The molecule has 1 aliphatic rings. The maximum absolute atomic E-state index is 5.94. The summed E-state index contributed by atoms with van der Waals surface area (Å²) in [5.41, 5.74) is 9.48. The van der Waals surface area contributed by atoms with Gasteiger partial charge in [-0.25, -0.2) is 0 Å². The number of aromatic nitrogens is 1. The number of nitrogens with two attached hydrogens (primary N) is 1. The molecule has 0 saturated carbocycles. The van der Waals surface area contributed by atoms with Gasteiger partial charge in [0, 0.05) is 62.1 Å². The highest BCUT2D eigenvalue weighted by molar-refractivity contribution is 5.86. The van der Waals surface area contributed by atoms with Crippen molar-refractivity contribution in [2.45, 2.75) is 20.0 Å². The fourth-order valence-electron chi connectivity index (χ4n) is 2.89. The third-order valence-electron chi connectivity index (χ3n) is 3.93. The minimum atomic E-state index is 0.850. The van der Waals surface area contributed by atoms with E-state index in [2.05, 4.69) is 40.0 Å². The molecule has 0 amide bonds. The lowest BCUT2D eigenvalue weighted by Gasteiger charge is -2.26. The molecule has 4 nitrogen and oxygen atoms in total. The number of hydrogen-bond donors (Lipinski definition) is 2. The Labute approximate surface area is 114 Å². The zero-order chi connectivity index (χ0) is 13.2. The Morgan fingerprint density at radius 3 is 2.79 bits per heavy atom. The molecular formula is C15H22N4. The van der Waals surface area contributed by atoms with Crippen molar-refractivity contribution >= 4 is 16.6 Å². The Bertz CT molecular complexity index is 567. The van der Waals surface area contributed by atoms with E-state index >= 15 is 0 Å². The Hall–Kier alpha value is -1.52. The maximum atomic E-state index is 5.94. The third kappa shape index (κ3) is 2.46. The van der Waals surface area contributed by atoms with Crippen molar-refractivity contribution in [1.82, 2.24) is 14.8 Å². The molecule has 0 aliphatic carbocycles. The van der Waals surface area contributed by atoms with Crippen LogP contribution in [0.15, 0.2) is 24.4 Å². The first-order chi connectivity index (χ1) is 9.28. The molecule has 1 saturated heterocycles. The van der Waals surface area contributed by atoms with Crippen LogP contribution in [0.2, 0.25) is 0 Å². The highest BCUT2D eigenvalue weighted by Gasteiger charge is 2.14. The number of nitrogen functional groups attached to an aromatic ring is 1. The summed E-state index contributed by atoms with van der Waals surface area (Å²) in [7, 11) is 0. The Kier molecular flexibility index (Phi) is 3.44. The fraction of sp³-hybridized carbons (Fsp3) is 0.467. The normalized spacial score (nSPS) is 17.1. The van der Waals surface area contributed by atoms with Gasteiger partial charge in [0.25, 0.3) is 0 Å². The van der Waals surface area contributed by atoms with Crippen molar-refractivity contribution in [3.8, 4) is 0 Å². The van der Waals surface area contributed by atoms with Crippen LogP contribution in [-0.2, 0) is 13.1 Å². The minimum absolute atomic E-state index is 0.850. The topological polar surface area (TPSA) is 46.2 Å². The van der Waals surface area contributed by atoms with E-state index in [0.717, 1.165) is 45.0 Å². The van der Waals surface area contributed by atoms with E-state index in [-0.39, 0.29) is 0 Å². The van der Waals surface area contributed by atoms with Crippen molar-refractivity contribution in [2.24, 2.45) is 0 Å². The Morgan fingerprint density at radius 1 is 1.26 bits per heavy atom. The molecule has 2 heterocycles. The van der Waals surface area contributed by atoms with Crippen LogP contribution in [0, 0.1) is 0 Å². The molecule has 3 rings (SSSR count). The first kappa shape index (κ1) is 12.5. The van der Waals surface area contributed by atoms with Crippen LogP contribution in [-0.4, -0.2) is 35.6 Å². The highest BCUT2D eigenvalue weighted by Crippen LogP contribution is 2.25. The summed E-state index contributed by atoms with van der Waals surface area (Å²) < 4.78 is 2.31. The summed E-state index contributed by atoms with van der Waals surface area (Å²) >= 11 is 0. The number of nitrogens with one attached hydrogen (secondary N) is 1. The summed E-state index contributed by atoms with van der Waals surface area (Å²) in [6, 6.07) is 6.23. The molecule has 3 N–H and O–H groups in total. The van der Waals surface area contributed by atoms with Crippen molar-refractivity contribution in [3.63, 3.8) is 0 Å². The van der Waals surface area contributed by atoms with Crippen LogP contribution in [0.1, 0.15) is 12.5 Å². The molecule has 102 valence electrons. The summed E-state index contributed by atoms with van der Waals surface area (Å²) in [6.45, 7) is 8.65. The minimum Gasteiger partial charge on any atom is -0.399 e. The highest BCUT2D eigenvalue weighted by atomic mass is 15.2. The molecule has 1 aromatic heterocycles. The van der Waals surface area contributed by atoms with Crippen molar-refractivity contribution in [3.05, 3.63) is 30.0 Å². The summed E-state index contributed by atoms with van der Waals surface area (Å²) in [4.78, 5) is 2.51. The average molecular weight is 258 g/mol. The Morgan fingerprint density at radius 2 is 2.05 bits per heavy atom. The van der Waals surface area contributed by atoms with E-state index < -0.39 is 0 Å². The van der Waals surface area contributed by atoms with Crippen LogP contribution in [0.4, 0.5) is 5.69 Å². The molecule has 1 fully saturated rings. The summed E-state index contributed by atoms with van der Waals surface area (Å²) in [5, 5.41) is 4.70. The van der Waals surface area contributed by atoms with Gasteiger partial charge in [0.2, 0.25) is 0 Å². The van der Waals surface area contributed by atoms with Gasteiger partial charge in [0.15, 0.2) is 0 Å². The third-order valence-corrected chi connectivity index (χ3v) is 3.93. The molecule has 0 atom stereocenters. The second kappa shape index (κ2) is 5.23. The number of benzene rings is 1. The fourth-order valence-corrected chi connectivity index (χ4v) is 2.89. The molecule has 19 heavy (non-hydrogen) atoms. The smallest absolute Gasteiger partial charge is 0.0485 e. The number of fused-ring (bicyclic) bond motifs is 1. The van der Waals surface area contributed by atoms with E-state index in [4.69, 9.17) is 5.73 Å². The molecule has 0 radical (unpaired) electrons. The number of piperazine rings is 1. The Balaban J connectivity index is 1.95. The number of anilines is 1. The van der Waals surface area contributed by atoms with Gasteiger partial charge in [-0.2, -0.15) is 0 Å². The van der Waals surface area contributed by atoms with Crippen LogP contribution < -0.4 is 11.1 Å². The molecule has 0 bridgehead atoms. The molecule has 1 aromatic carbocycles. The van der Waals surface area contributed by atoms with E-state index in [1.807, 2.05) is 6.07 Å². The van der Waals surface area contributed by atoms with Gasteiger partial charge in [-0.1, -0.05) is 0 Å². The monoisotopic (exact) mass is 258 g/mol. The van der Waals surface area contributed by atoms with Crippen LogP contribution in [0.5, 0.6) is 0 Å². The summed E-state index contributed by atoms with van der Waals surface area (Å²) in [5.74, 6) is 0. The number of rotatable bonds is 3. The molecule has 0 spiro atoms. The lowest BCUT2D eigenvalue weighted by Crippen LogP contribution is -2.42. The largest absolute Gasteiger partial charge is 0.399 e. The lowest BCUT2D eigenvalue weighted by molar-refractivity contribution is 0.234. The predicted molar refractivity (Wildman–Crippen MR) is 80.2 cm³/mol. The van der Waals surface area contributed by atoms with Crippen molar-refractivity contribution in [2.75, 3.05) is 31.9 Å².